The monoisotopic (exact) mass is 388 g/mol. The van der Waals surface area contributed by atoms with Crippen LogP contribution in [0.4, 0.5) is 0 Å². The van der Waals surface area contributed by atoms with Crippen LogP contribution in [0.5, 0.6) is 0 Å². The minimum Gasteiger partial charge on any atom is -0.339 e. The summed E-state index contributed by atoms with van der Waals surface area (Å²) in [4.78, 5) is 20.0. The normalized spacial score (nSPS) is 11.2. The van der Waals surface area contributed by atoms with Crippen molar-refractivity contribution in [1.82, 2.24) is 29.4 Å². The van der Waals surface area contributed by atoms with E-state index in [0.29, 0.717) is 30.0 Å². The second-order valence-electron chi connectivity index (χ2n) is 6.94. The van der Waals surface area contributed by atoms with Crippen molar-refractivity contribution in [3.63, 3.8) is 0 Å². The van der Waals surface area contributed by atoms with Crippen molar-refractivity contribution in [3.05, 3.63) is 59.9 Å². The zero-order chi connectivity index (χ0) is 20.5. The number of hydrogen-bond acceptors (Lipinski definition) is 4. The van der Waals surface area contributed by atoms with Crippen LogP contribution in [0.3, 0.4) is 0 Å². The molecule has 0 atom stereocenters. The van der Waals surface area contributed by atoms with Crippen molar-refractivity contribution < 1.29 is 4.79 Å². The van der Waals surface area contributed by atoms with Crippen LogP contribution in [0.2, 0.25) is 0 Å². The number of pyridine rings is 1. The number of nitrogens with zero attached hydrogens (tertiary/aromatic N) is 6. The number of para-hydroxylation sites is 1. The van der Waals surface area contributed by atoms with E-state index in [9.17, 15) is 4.79 Å². The third-order valence-corrected chi connectivity index (χ3v) is 5.07. The highest BCUT2D eigenvalue weighted by Gasteiger charge is 2.23. The van der Waals surface area contributed by atoms with Gasteiger partial charge in [-0.2, -0.15) is 10.2 Å². The molecule has 0 saturated carbocycles. The molecule has 148 valence electrons. The molecule has 0 fully saturated rings. The van der Waals surface area contributed by atoms with Crippen molar-refractivity contribution in [2.24, 2.45) is 7.05 Å². The Morgan fingerprint density at radius 3 is 2.38 bits per heavy atom. The summed E-state index contributed by atoms with van der Waals surface area (Å²) < 4.78 is 3.53. The molecule has 7 nitrogen and oxygen atoms in total. The number of fused-ring (bicyclic) bond motifs is 1. The largest absolute Gasteiger partial charge is 0.339 e. The maximum absolute atomic E-state index is 13.3. The van der Waals surface area contributed by atoms with Gasteiger partial charge in [0.15, 0.2) is 5.65 Å². The quantitative estimate of drug-likeness (QED) is 0.524. The Balaban J connectivity index is 2.02. The molecule has 0 aliphatic heterocycles. The number of carbonyl (C=O) groups excluding carboxylic acids is 1. The molecule has 4 rings (SSSR count). The molecule has 0 spiro atoms. The molecule has 0 bridgehead atoms. The van der Waals surface area contributed by atoms with Crippen LogP contribution in [-0.4, -0.2) is 48.4 Å². The molecule has 0 aliphatic carbocycles. The topological polar surface area (TPSA) is 68.8 Å². The number of carbonyl (C=O) groups is 1. The first-order valence-corrected chi connectivity index (χ1v) is 9.78. The van der Waals surface area contributed by atoms with E-state index >= 15 is 0 Å². The van der Waals surface area contributed by atoms with Crippen LogP contribution in [0.1, 0.15) is 29.9 Å². The van der Waals surface area contributed by atoms with E-state index in [1.807, 2.05) is 81.4 Å². The average Bonchev–Trinajstić information content (AvgIpc) is 3.32. The van der Waals surface area contributed by atoms with Gasteiger partial charge in [0.05, 0.1) is 28.0 Å². The summed E-state index contributed by atoms with van der Waals surface area (Å²) in [6.45, 7) is 7.18. The maximum Gasteiger partial charge on any atom is 0.254 e. The Labute approximate surface area is 169 Å². The zero-order valence-corrected chi connectivity index (χ0v) is 17.1. The van der Waals surface area contributed by atoms with Gasteiger partial charge in [-0.3, -0.25) is 9.48 Å². The Morgan fingerprint density at radius 1 is 1.03 bits per heavy atom. The lowest BCUT2D eigenvalue weighted by molar-refractivity contribution is 0.0775. The van der Waals surface area contributed by atoms with Crippen LogP contribution in [0.25, 0.3) is 28.1 Å². The number of rotatable bonds is 5. The minimum absolute atomic E-state index is 0.0182. The second-order valence-corrected chi connectivity index (χ2v) is 6.94. The molecule has 0 saturated heterocycles. The van der Waals surface area contributed by atoms with Gasteiger partial charge in [-0.1, -0.05) is 18.2 Å². The number of benzene rings is 1. The smallest absolute Gasteiger partial charge is 0.254 e. The first kappa shape index (κ1) is 18.9. The summed E-state index contributed by atoms with van der Waals surface area (Å²) in [6.07, 6.45) is 1.87. The molecule has 7 heteroatoms. The fourth-order valence-electron chi connectivity index (χ4n) is 3.57. The van der Waals surface area contributed by atoms with Crippen molar-refractivity contribution in [1.29, 1.82) is 0 Å². The summed E-state index contributed by atoms with van der Waals surface area (Å²) >= 11 is 0. The summed E-state index contributed by atoms with van der Waals surface area (Å²) in [5.74, 6) is -0.0182. The van der Waals surface area contributed by atoms with E-state index in [1.54, 1.807) is 9.36 Å². The number of aryl methyl sites for hydroxylation is 2. The van der Waals surface area contributed by atoms with Crippen LogP contribution in [-0.2, 0) is 7.05 Å². The zero-order valence-electron chi connectivity index (χ0n) is 17.1. The minimum atomic E-state index is -0.0182. The van der Waals surface area contributed by atoms with E-state index in [1.165, 1.54) is 0 Å². The SMILES string of the molecule is CCN(CC)C(=O)c1cc(-c2ccn(C)n2)nc2c1c(C)nn2-c1ccccc1. The second kappa shape index (κ2) is 7.50. The highest BCUT2D eigenvalue weighted by atomic mass is 16.2. The molecule has 0 radical (unpaired) electrons. The number of aromatic nitrogens is 5. The van der Waals surface area contributed by atoms with Gasteiger partial charge in [0.1, 0.15) is 5.69 Å². The van der Waals surface area contributed by atoms with Gasteiger partial charge in [0, 0.05) is 26.3 Å². The summed E-state index contributed by atoms with van der Waals surface area (Å²) in [6, 6.07) is 13.6. The lowest BCUT2D eigenvalue weighted by Crippen LogP contribution is -2.30. The van der Waals surface area contributed by atoms with Gasteiger partial charge < -0.3 is 4.90 Å². The molecule has 0 unspecified atom stereocenters. The Morgan fingerprint density at radius 2 is 1.76 bits per heavy atom. The van der Waals surface area contributed by atoms with E-state index in [4.69, 9.17) is 10.1 Å². The molecule has 3 aromatic heterocycles. The van der Waals surface area contributed by atoms with E-state index < -0.39 is 0 Å². The highest BCUT2D eigenvalue weighted by molar-refractivity contribution is 6.07. The van der Waals surface area contributed by atoms with Crippen molar-refractivity contribution in [3.8, 4) is 17.1 Å². The average molecular weight is 388 g/mol. The molecule has 3 heterocycles. The standard InChI is InChI=1S/C22H24N6O/c1-5-27(6-2)22(29)17-14-19(18-12-13-26(4)25-18)23-21-20(17)15(3)24-28(21)16-10-8-7-9-11-16/h7-14H,5-6H2,1-4H3. The lowest BCUT2D eigenvalue weighted by Gasteiger charge is -2.19. The highest BCUT2D eigenvalue weighted by Crippen LogP contribution is 2.29. The van der Waals surface area contributed by atoms with Gasteiger partial charge in [-0.05, 0) is 45.0 Å². The van der Waals surface area contributed by atoms with E-state index in [-0.39, 0.29) is 5.91 Å². The third kappa shape index (κ3) is 3.29. The Bertz CT molecular complexity index is 1170. The predicted molar refractivity (Wildman–Crippen MR) is 113 cm³/mol. The van der Waals surface area contributed by atoms with Gasteiger partial charge in [-0.15, -0.1) is 0 Å². The van der Waals surface area contributed by atoms with Crippen LogP contribution in [0.15, 0.2) is 48.7 Å². The van der Waals surface area contributed by atoms with Gasteiger partial charge >= 0.3 is 0 Å². The molecule has 1 amide bonds. The number of amides is 1. The van der Waals surface area contributed by atoms with Crippen molar-refractivity contribution in [2.45, 2.75) is 20.8 Å². The third-order valence-electron chi connectivity index (χ3n) is 5.07. The number of hydrogen-bond donors (Lipinski definition) is 0. The molecular weight excluding hydrogens is 364 g/mol. The summed E-state index contributed by atoms with van der Waals surface area (Å²) in [5.41, 5.74) is 4.33. The van der Waals surface area contributed by atoms with Gasteiger partial charge in [-0.25, -0.2) is 9.67 Å². The summed E-state index contributed by atoms with van der Waals surface area (Å²) in [5, 5.41) is 9.98. The molecule has 1 aromatic carbocycles. The van der Waals surface area contributed by atoms with Crippen molar-refractivity contribution in [2.75, 3.05) is 13.1 Å². The van der Waals surface area contributed by atoms with Gasteiger partial charge in [0.2, 0.25) is 0 Å². The van der Waals surface area contributed by atoms with E-state index in [0.717, 1.165) is 22.5 Å². The fraction of sp³-hybridized carbons (Fsp3) is 0.273. The van der Waals surface area contributed by atoms with Gasteiger partial charge in [0.25, 0.3) is 5.91 Å². The lowest BCUT2D eigenvalue weighted by atomic mass is 10.1. The van der Waals surface area contributed by atoms with Crippen molar-refractivity contribution >= 4 is 16.9 Å². The Hall–Kier alpha value is -3.48. The fourth-order valence-corrected chi connectivity index (χ4v) is 3.57. The van der Waals surface area contributed by atoms with E-state index in [2.05, 4.69) is 5.10 Å². The molecule has 4 aromatic rings. The van der Waals surface area contributed by atoms with Crippen LogP contribution < -0.4 is 0 Å². The molecule has 0 N–H and O–H groups in total. The first-order valence-electron chi connectivity index (χ1n) is 9.78. The summed E-state index contributed by atoms with van der Waals surface area (Å²) in [7, 11) is 1.86. The molecule has 0 aliphatic rings. The van der Waals surface area contributed by atoms with Crippen LogP contribution >= 0.6 is 0 Å². The van der Waals surface area contributed by atoms with Crippen LogP contribution in [0, 0.1) is 6.92 Å². The maximum atomic E-state index is 13.3. The molecule has 29 heavy (non-hydrogen) atoms. The first-order chi connectivity index (χ1) is 14.0. The Kier molecular flexibility index (Phi) is 4.88. The predicted octanol–water partition coefficient (Wildman–Crippen LogP) is 3.61. The molecular formula is C22H24N6O.